The van der Waals surface area contributed by atoms with E-state index in [4.69, 9.17) is 10.5 Å². The molecule has 0 saturated heterocycles. The van der Waals surface area contributed by atoms with E-state index in [9.17, 15) is 0 Å². The molecule has 3 heteroatoms. The largest absolute Gasteiger partial charge is 0.484 e. The lowest BCUT2D eigenvalue weighted by atomic mass is 10.0. The highest BCUT2D eigenvalue weighted by atomic mass is 79.9. The zero-order valence-corrected chi connectivity index (χ0v) is 14.1. The topological polar surface area (TPSA) is 35.2 Å². The third-order valence-corrected chi connectivity index (χ3v) is 4.13. The third-order valence-electron chi connectivity index (χ3n) is 3.63. The van der Waals surface area contributed by atoms with Crippen LogP contribution in [0.25, 0.3) is 0 Å². The molecule has 2 atom stereocenters. The molecule has 0 aliphatic carbocycles. The lowest BCUT2D eigenvalue weighted by Crippen LogP contribution is -2.31. The second kappa shape index (κ2) is 7.62. The zero-order valence-electron chi connectivity index (χ0n) is 12.6. The Morgan fingerprint density at radius 3 is 2.38 bits per heavy atom. The summed E-state index contributed by atoms with van der Waals surface area (Å²) in [5, 5.41) is 0. The van der Waals surface area contributed by atoms with Crippen LogP contribution in [0.1, 0.15) is 37.5 Å². The Kier molecular flexibility index (Phi) is 5.83. The summed E-state index contributed by atoms with van der Waals surface area (Å²) in [6.45, 7) is 4.23. The molecule has 2 unspecified atom stereocenters. The van der Waals surface area contributed by atoms with Gasteiger partial charge in [-0.15, -0.1) is 0 Å². The summed E-state index contributed by atoms with van der Waals surface area (Å²) in [6, 6.07) is 16.4. The van der Waals surface area contributed by atoms with Gasteiger partial charge in [-0.1, -0.05) is 54.0 Å². The van der Waals surface area contributed by atoms with Gasteiger partial charge in [-0.05, 0) is 48.2 Å². The van der Waals surface area contributed by atoms with Crippen LogP contribution in [-0.2, 0) is 6.42 Å². The highest BCUT2D eigenvalue weighted by Crippen LogP contribution is 2.27. The molecule has 2 N–H and O–H groups in total. The van der Waals surface area contributed by atoms with Crippen LogP contribution in [0.4, 0.5) is 0 Å². The monoisotopic (exact) mass is 347 g/mol. The Hall–Kier alpha value is -1.32. The van der Waals surface area contributed by atoms with Crippen molar-refractivity contribution in [2.24, 2.45) is 5.73 Å². The first-order valence-corrected chi connectivity index (χ1v) is 8.20. The lowest BCUT2D eigenvalue weighted by Gasteiger charge is -2.25. The summed E-state index contributed by atoms with van der Waals surface area (Å²) >= 11 is 3.51. The number of nitrogens with two attached hydrogens (primary N) is 1. The van der Waals surface area contributed by atoms with E-state index in [1.54, 1.807) is 0 Å². The molecule has 0 aliphatic heterocycles. The maximum absolute atomic E-state index is 6.26. The maximum atomic E-state index is 6.26. The van der Waals surface area contributed by atoms with Gasteiger partial charge in [-0.3, -0.25) is 0 Å². The average Bonchev–Trinajstić information content (AvgIpc) is 2.52. The fraction of sp³-hybridized carbons (Fsp3) is 0.333. The molecule has 0 spiro atoms. The maximum Gasteiger partial charge on any atom is 0.139 e. The van der Waals surface area contributed by atoms with Crippen LogP contribution < -0.4 is 10.5 Å². The molecule has 0 radical (unpaired) electrons. The van der Waals surface area contributed by atoms with Gasteiger partial charge in [-0.25, -0.2) is 0 Å². The predicted molar refractivity (Wildman–Crippen MR) is 91.6 cm³/mol. The Bertz CT molecular complexity index is 568. The van der Waals surface area contributed by atoms with Gasteiger partial charge in [0.1, 0.15) is 11.9 Å². The van der Waals surface area contributed by atoms with E-state index < -0.39 is 0 Å². The number of hydrogen-bond acceptors (Lipinski definition) is 2. The molecule has 0 bridgehead atoms. The van der Waals surface area contributed by atoms with Crippen LogP contribution in [-0.4, -0.2) is 6.04 Å². The van der Waals surface area contributed by atoms with Gasteiger partial charge >= 0.3 is 0 Å². The average molecular weight is 348 g/mol. The third kappa shape index (κ3) is 4.32. The molecule has 21 heavy (non-hydrogen) atoms. The van der Waals surface area contributed by atoms with Gasteiger partial charge < -0.3 is 10.5 Å². The summed E-state index contributed by atoms with van der Waals surface area (Å²) in [5.74, 6) is 0.862. The number of ether oxygens (including phenoxy) is 1. The fourth-order valence-corrected chi connectivity index (χ4v) is 2.67. The molecule has 2 aromatic carbocycles. The highest BCUT2D eigenvalue weighted by molar-refractivity contribution is 9.10. The minimum absolute atomic E-state index is 0.0369. The van der Waals surface area contributed by atoms with E-state index in [1.165, 1.54) is 5.56 Å². The van der Waals surface area contributed by atoms with Crippen LogP contribution in [0.15, 0.2) is 53.0 Å². The van der Waals surface area contributed by atoms with E-state index in [0.717, 1.165) is 28.6 Å². The fourth-order valence-electron chi connectivity index (χ4n) is 2.25. The molecule has 112 valence electrons. The van der Waals surface area contributed by atoms with Gasteiger partial charge in [0.25, 0.3) is 0 Å². The van der Waals surface area contributed by atoms with Crippen molar-refractivity contribution in [3.05, 3.63) is 64.1 Å². The standard InChI is InChI=1S/C18H22BrNO/c1-3-13-8-10-16(11-9-13)21-18(17(20)4-2)14-6-5-7-15(19)12-14/h5-12,17-18H,3-4,20H2,1-2H3. The van der Waals surface area contributed by atoms with Crippen LogP contribution in [0.3, 0.4) is 0 Å². The number of halogens is 1. The van der Waals surface area contributed by atoms with E-state index in [-0.39, 0.29) is 12.1 Å². The van der Waals surface area contributed by atoms with E-state index >= 15 is 0 Å². The Labute approximate surface area is 135 Å². The first-order valence-electron chi connectivity index (χ1n) is 7.40. The molecule has 0 saturated carbocycles. The van der Waals surface area contributed by atoms with Gasteiger partial charge in [0.05, 0.1) is 0 Å². The van der Waals surface area contributed by atoms with Crippen molar-refractivity contribution < 1.29 is 4.74 Å². The van der Waals surface area contributed by atoms with Crippen LogP contribution in [0.2, 0.25) is 0 Å². The normalized spacial score (nSPS) is 13.7. The van der Waals surface area contributed by atoms with Gasteiger partial charge in [-0.2, -0.15) is 0 Å². The summed E-state index contributed by atoms with van der Waals surface area (Å²) < 4.78 is 7.20. The van der Waals surface area contributed by atoms with Gasteiger partial charge in [0, 0.05) is 10.5 Å². The number of rotatable bonds is 6. The molecular formula is C18H22BrNO. The highest BCUT2D eigenvalue weighted by Gasteiger charge is 2.20. The minimum Gasteiger partial charge on any atom is -0.484 e. The Balaban J connectivity index is 2.23. The van der Waals surface area contributed by atoms with Crippen molar-refractivity contribution in [2.45, 2.75) is 38.8 Å². The van der Waals surface area contributed by atoms with Gasteiger partial charge in [0.2, 0.25) is 0 Å². The van der Waals surface area contributed by atoms with Crippen molar-refractivity contribution in [1.82, 2.24) is 0 Å². The summed E-state index contributed by atoms with van der Waals surface area (Å²) in [4.78, 5) is 0. The van der Waals surface area contributed by atoms with Crippen LogP contribution in [0, 0.1) is 0 Å². The summed E-state index contributed by atoms with van der Waals surface area (Å²) in [7, 11) is 0. The smallest absolute Gasteiger partial charge is 0.139 e. The minimum atomic E-state index is -0.139. The molecular weight excluding hydrogens is 326 g/mol. The molecule has 0 aromatic heterocycles. The quantitative estimate of drug-likeness (QED) is 0.808. The van der Waals surface area contributed by atoms with Crippen LogP contribution in [0.5, 0.6) is 5.75 Å². The molecule has 2 aromatic rings. The Morgan fingerprint density at radius 1 is 1.10 bits per heavy atom. The first-order chi connectivity index (χ1) is 10.1. The van der Waals surface area contributed by atoms with Crippen molar-refractivity contribution in [1.29, 1.82) is 0 Å². The predicted octanol–water partition coefficient (Wildman–Crippen LogP) is 4.87. The van der Waals surface area contributed by atoms with Crippen LogP contribution >= 0.6 is 15.9 Å². The Morgan fingerprint density at radius 2 is 1.81 bits per heavy atom. The van der Waals surface area contributed by atoms with Gasteiger partial charge in [0.15, 0.2) is 0 Å². The molecule has 2 rings (SSSR count). The second-order valence-electron chi connectivity index (χ2n) is 5.16. The number of hydrogen-bond donors (Lipinski definition) is 1. The SMILES string of the molecule is CCc1ccc(OC(c2cccc(Br)c2)C(N)CC)cc1. The van der Waals surface area contributed by atoms with Crippen molar-refractivity contribution >= 4 is 15.9 Å². The van der Waals surface area contributed by atoms with E-state index in [0.29, 0.717) is 0 Å². The summed E-state index contributed by atoms with van der Waals surface area (Å²) in [6.07, 6.45) is 1.76. The second-order valence-corrected chi connectivity index (χ2v) is 6.08. The van der Waals surface area contributed by atoms with Crippen molar-refractivity contribution in [3.63, 3.8) is 0 Å². The molecule has 0 aliphatic rings. The van der Waals surface area contributed by atoms with Crippen molar-refractivity contribution in [3.8, 4) is 5.75 Å². The molecule has 0 amide bonds. The summed E-state index contributed by atoms with van der Waals surface area (Å²) in [5.41, 5.74) is 8.67. The van der Waals surface area contributed by atoms with E-state index in [1.807, 2.05) is 24.3 Å². The van der Waals surface area contributed by atoms with Crippen molar-refractivity contribution in [2.75, 3.05) is 0 Å². The first kappa shape index (κ1) is 16.1. The lowest BCUT2D eigenvalue weighted by molar-refractivity contribution is 0.171. The molecule has 0 heterocycles. The molecule has 2 nitrogen and oxygen atoms in total. The van der Waals surface area contributed by atoms with E-state index in [2.05, 4.69) is 54.0 Å². The number of aryl methyl sites for hydroxylation is 1. The zero-order chi connectivity index (χ0) is 15.2. The number of benzene rings is 2. The molecule has 0 fully saturated rings.